The predicted octanol–water partition coefficient (Wildman–Crippen LogP) is 3.57. The smallest absolute Gasteiger partial charge is 0.136 e. The minimum atomic E-state index is 0.533. The fraction of sp³-hybridized carbons (Fsp3) is 0.471. The Morgan fingerprint density at radius 3 is 2.50 bits per heavy atom. The second kappa shape index (κ2) is 6.71. The van der Waals surface area contributed by atoms with E-state index in [2.05, 4.69) is 54.9 Å². The van der Waals surface area contributed by atoms with Gasteiger partial charge in [-0.2, -0.15) is 0 Å². The molecule has 2 N–H and O–H groups in total. The van der Waals surface area contributed by atoms with Gasteiger partial charge in [-0.3, -0.25) is 0 Å². The van der Waals surface area contributed by atoms with Gasteiger partial charge in [0.05, 0.1) is 0 Å². The topological polar surface area (TPSA) is 42.2 Å². The zero-order valence-corrected chi connectivity index (χ0v) is 12.8. The number of aromatic nitrogens is 1. The minimum Gasteiger partial charge on any atom is -0.356 e. The molecule has 108 valence electrons. The molecule has 0 spiro atoms. The quantitative estimate of drug-likeness (QED) is 0.873. The summed E-state index contributed by atoms with van der Waals surface area (Å²) in [5.41, 5.74) is 6.94. The molecule has 1 aromatic carbocycles. The van der Waals surface area contributed by atoms with Crippen LogP contribution in [0.25, 0.3) is 10.8 Å². The lowest BCUT2D eigenvalue weighted by atomic mass is 10.1. The molecule has 0 saturated heterocycles. The number of anilines is 1. The Hall–Kier alpha value is -1.61. The molecule has 3 nitrogen and oxygen atoms in total. The van der Waals surface area contributed by atoms with Crippen LogP contribution >= 0.6 is 0 Å². The maximum atomic E-state index is 5.82. The van der Waals surface area contributed by atoms with E-state index in [1.165, 1.54) is 17.2 Å². The predicted molar refractivity (Wildman–Crippen MR) is 87.0 cm³/mol. The molecule has 0 saturated carbocycles. The van der Waals surface area contributed by atoms with Gasteiger partial charge in [-0.15, -0.1) is 0 Å². The van der Waals surface area contributed by atoms with Crippen LogP contribution in [0.3, 0.4) is 0 Å². The SMILES string of the molecule is CCC(C)CN(CC)c1ncc(CN)c2ccccc12. The van der Waals surface area contributed by atoms with Gasteiger partial charge in [-0.05, 0) is 23.8 Å². The van der Waals surface area contributed by atoms with Crippen molar-refractivity contribution < 1.29 is 0 Å². The highest BCUT2D eigenvalue weighted by Crippen LogP contribution is 2.27. The van der Waals surface area contributed by atoms with Gasteiger partial charge in [0.15, 0.2) is 0 Å². The van der Waals surface area contributed by atoms with Crippen molar-refractivity contribution >= 4 is 16.6 Å². The summed E-state index contributed by atoms with van der Waals surface area (Å²) in [6, 6.07) is 8.43. The molecule has 2 aromatic rings. The van der Waals surface area contributed by atoms with Crippen molar-refractivity contribution in [2.45, 2.75) is 33.7 Å². The summed E-state index contributed by atoms with van der Waals surface area (Å²) in [7, 11) is 0. The van der Waals surface area contributed by atoms with Crippen molar-refractivity contribution in [3.63, 3.8) is 0 Å². The van der Waals surface area contributed by atoms with E-state index in [-0.39, 0.29) is 0 Å². The fourth-order valence-corrected chi connectivity index (χ4v) is 2.52. The Bertz CT molecular complexity index is 565. The molecule has 0 aliphatic carbocycles. The van der Waals surface area contributed by atoms with Gasteiger partial charge in [0.2, 0.25) is 0 Å². The van der Waals surface area contributed by atoms with Gasteiger partial charge in [0.1, 0.15) is 5.82 Å². The molecule has 0 aliphatic rings. The number of pyridine rings is 1. The molecule has 1 heterocycles. The summed E-state index contributed by atoms with van der Waals surface area (Å²) < 4.78 is 0. The van der Waals surface area contributed by atoms with Gasteiger partial charge in [-0.25, -0.2) is 4.98 Å². The lowest BCUT2D eigenvalue weighted by molar-refractivity contribution is 0.546. The van der Waals surface area contributed by atoms with Crippen LogP contribution in [0.2, 0.25) is 0 Å². The lowest BCUT2D eigenvalue weighted by Crippen LogP contribution is -2.29. The van der Waals surface area contributed by atoms with Crippen LogP contribution in [0.1, 0.15) is 32.8 Å². The normalized spacial score (nSPS) is 12.6. The molecule has 0 bridgehead atoms. The number of nitrogens with two attached hydrogens (primary N) is 1. The monoisotopic (exact) mass is 271 g/mol. The highest BCUT2D eigenvalue weighted by Gasteiger charge is 2.14. The summed E-state index contributed by atoms with van der Waals surface area (Å²) in [6.45, 7) is 9.27. The van der Waals surface area contributed by atoms with Crippen LogP contribution < -0.4 is 10.6 Å². The van der Waals surface area contributed by atoms with Gasteiger partial charge < -0.3 is 10.6 Å². The Labute approximate surface area is 121 Å². The second-order valence-electron chi connectivity index (χ2n) is 5.41. The molecular formula is C17H25N3. The third-order valence-electron chi connectivity index (χ3n) is 3.99. The van der Waals surface area contributed by atoms with E-state index in [1.807, 2.05) is 6.20 Å². The van der Waals surface area contributed by atoms with Gasteiger partial charge in [0.25, 0.3) is 0 Å². The summed E-state index contributed by atoms with van der Waals surface area (Å²) in [4.78, 5) is 7.05. The van der Waals surface area contributed by atoms with Gasteiger partial charge >= 0.3 is 0 Å². The third-order valence-corrected chi connectivity index (χ3v) is 3.99. The Balaban J connectivity index is 2.48. The molecule has 0 amide bonds. The van der Waals surface area contributed by atoms with E-state index in [0.29, 0.717) is 12.5 Å². The van der Waals surface area contributed by atoms with Crippen molar-refractivity contribution in [2.24, 2.45) is 11.7 Å². The highest BCUT2D eigenvalue weighted by atomic mass is 15.2. The van der Waals surface area contributed by atoms with Crippen molar-refractivity contribution in [1.82, 2.24) is 4.98 Å². The first-order valence-corrected chi connectivity index (χ1v) is 7.52. The average molecular weight is 271 g/mol. The van der Waals surface area contributed by atoms with E-state index >= 15 is 0 Å². The number of fused-ring (bicyclic) bond motifs is 1. The molecule has 20 heavy (non-hydrogen) atoms. The van der Waals surface area contributed by atoms with Crippen molar-refractivity contribution in [2.75, 3.05) is 18.0 Å². The van der Waals surface area contributed by atoms with Gasteiger partial charge in [0, 0.05) is 31.2 Å². The third kappa shape index (κ3) is 2.93. The molecule has 3 heteroatoms. The summed E-state index contributed by atoms with van der Waals surface area (Å²) in [5.74, 6) is 1.75. The zero-order chi connectivity index (χ0) is 14.5. The molecule has 0 aliphatic heterocycles. The van der Waals surface area contributed by atoms with E-state index in [4.69, 9.17) is 5.73 Å². The van der Waals surface area contributed by atoms with Crippen LogP contribution in [0.4, 0.5) is 5.82 Å². The number of hydrogen-bond acceptors (Lipinski definition) is 3. The number of rotatable bonds is 6. The molecular weight excluding hydrogens is 246 g/mol. The first kappa shape index (κ1) is 14.8. The van der Waals surface area contributed by atoms with Crippen LogP contribution in [0.15, 0.2) is 30.5 Å². The molecule has 1 unspecified atom stereocenters. The molecule has 0 fully saturated rings. The molecule has 1 aromatic heterocycles. The van der Waals surface area contributed by atoms with E-state index in [9.17, 15) is 0 Å². The number of nitrogens with zero attached hydrogens (tertiary/aromatic N) is 2. The van der Waals surface area contributed by atoms with E-state index in [1.54, 1.807) is 0 Å². The minimum absolute atomic E-state index is 0.533. The second-order valence-corrected chi connectivity index (χ2v) is 5.41. The van der Waals surface area contributed by atoms with Crippen LogP contribution in [-0.2, 0) is 6.54 Å². The maximum absolute atomic E-state index is 5.82. The maximum Gasteiger partial charge on any atom is 0.136 e. The summed E-state index contributed by atoms with van der Waals surface area (Å²) in [5, 5.41) is 2.43. The van der Waals surface area contributed by atoms with E-state index < -0.39 is 0 Å². The molecule has 2 rings (SSSR count). The van der Waals surface area contributed by atoms with Crippen LogP contribution in [0, 0.1) is 5.92 Å². The van der Waals surface area contributed by atoms with Crippen LogP contribution in [0.5, 0.6) is 0 Å². The average Bonchev–Trinajstić information content (AvgIpc) is 2.51. The lowest BCUT2D eigenvalue weighted by Gasteiger charge is -2.26. The largest absolute Gasteiger partial charge is 0.356 e. The Morgan fingerprint density at radius 2 is 1.90 bits per heavy atom. The Kier molecular flexibility index (Phi) is 4.96. The first-order chi connectivity index (χ1) is 9.71. The van der Waals surface area contributed by atoms with Crippen molar-refractivity contribution in [3.8, 4) is 0 Å². The van der Waals surface area contributed by atoms with E-state index in [0.717, 1.165) is 24.5 Å². The summed E-state index contributed by atoms with van der Waals surface area (Å²) in [6.07, 6.45) is 3.12. The van der Waals surface area contributed by atoms with Gasteiger partial charge in [-0.1, -0.05) is 44.5 Å². The molecule has 1 atom stereocenters. The number of benzene rings is 1. The van der Waals surface area contributed by atoms with Crippen LogP contribution in [-0.4, -0.2) is 18.1 Å². The Morgan fingerprint density at radius 1 is 1.20 bits per heavy atom. The summed E-state index contributed by atoms with van der Waals surface area (Å²) >= 11 is 0. The molecule has 0 radical (unpaired) electrons. The standard InChI is InChI=1S/C17H25N3/c1-4-13(3)12-20(5-2)17-16-9-7-6-8-15(16)14(10-18)11-19-17/h6-9,11,13H,4-5,10,12,18H2,1-3H3. The van der Waals surface area contributed by atoms with Crippen molar-refractivity contribution in [1.29, 1.82) is 0 Å². The number of hydrogen-bond donors (Lipinski definition) is 1. The zero-order valence-electron chi connectivity index (χ0n) is 12.8. The fourth-order valence-electron chi connectivity index (χ4n) is 2.52. The first-order valence-electron chi connectivity index (χ1n) is 7.52. The van der Waals surface area contributed by atoms with Crippen molar-refractivity contribution in [3.05, 3.63) is 36.0 Å². The highest BCUT2D eigenvalue weighted by molar-refractivity contribution is 5.94.